The van der Waals surface area contributed by atoms with Crippen LogP contribution in [0.4, 0.5) is 0 Å². The maximum atomic E-state index is 10.9. The second kappa shape index (κ2) is 6.36. The van der Waals surface area contributed by atoms with E-state index >= 15 is 0 Å². The highest BCUT2D eigenvalue weighted by Gasteiger charge is 2.18. The number of alkyl halides is 1. The Bertz CT molecular complexity index is 249. The Hall–Kier alpha value is -1.17. The molecule has 1 N–H and O–H groups in total. The lowest BCUT2D eigenvalue weighted by Crippen LogP contribution is -2.25. The number of carboxylic acids is 1. The zero-order valence-corrected chi connectivity index (χ0v) is 8.28. The summed E-state index contributed by atoms with van der Waals surface area (Å²) in [6.07, 6.45) is 1.39. The third-order valence-corrected chi connectivity index (χ3v) is 1.45. The summed E-state index contributed by atoms with van der Waals surface area (Å²) in [5.41, 5.74) is -0.626. The van der Waals surface area contributed by atoms with Gasteiger partial charge in [0.05, 0.1) is 5.33 Å². The Morgan fingerprint density at radius 3 is 2.62 bits per heavy atom. The molecular formula is C7H8BrNO4. The molecule has 0 fully saturated rings. The van der Waals surface area contributed by atoms with Gasteiger partial charge in [-0.25, -0.2) is 4.79 Å². The molecule has 0 bridgehead atoms. The van der Waals surface area contributed by atoms with Gasteiger partial charge in [0.1, 0.15) is 6.61 Å². The van der Waals surface area contributed by atoms with Crippen LogP contribution in [0.25, 0.3) is 0 Å². The molecule has 0 aromatic carbocycles. The van der Waals surface area contributed by atoms with Crippen molar-refractivity contribution in [3.8, 4) is 0 Å². The number of carboxylic acid groups (broad SMARTS) is 1. The lowest BCUT2D eigenvalue weighted by atomic mass is 10.3. The van der Waals surface area contributed by atoms with Crippen molar-refractivity contribution in [2.45, 2.75) is 0 Å². The minimum Gasteiger partial charge on any atom is -0.476 e. The van der Waals surface area contributed by atoms with E-state index in [1.807, 2.05) is 0 Å². The van der Waals surface area contributed by atoms with E-state index in [0.717, 1.165) is 0 Å². The third-order valence-electron chi connectivity index (χ3n) is 0.936. The molecule has 0 aliphatic heterocycles. The zero-order valence-electron chi connectivity index (χ0n) is 6.70. The first-order valence-corrected chi connectivity index (χ1v) is 4.39. The van der Waals surface area contributed by atoms with Gasteiger partial charge in [-0.3, -0.25) is 4.79 Å². The Morgan fingerprint density at radius 2 is 2.23 bits per heavy atom. The number of oxime groups is 1. The summed E-state index contributed by atoms with van der Waals surface area (Å²) in [5.74, 6) is -2.05. The van der Waals surface area contributed by atoms with Crippen molar-refractivity contribution < 1.29 is 19.5 Å². The van der Waals surface area contributed by atoms with Gasteiger partial charge in [-0.05, 0) is 0 Å². The van der Waals surface area contributed by atoms with Gasteiger partial charge in [0.25, 0.3) is 0 Å². The van der Waals surface area contributed by atoms with E-state index < -0.39 is 17.5 Å². The standard InChI is InChI=1S/C7H8BrNO4/c1-2-3-13-9-6(7(11)12)5(10)4-8/h2H,1,3-4H2,(H,11,12). The van der Waals surface area contributed by atoms with Crippen LogP contribution in [0.3, 0.4) is 0 Å². The number of carbonyl (C=O) groups is 2. The number of hydrogen-bond donors (Lipinski definition) is 1. The largest absolute Gasteiger partial charge is 0.476 e. The molecule has 5 nitrogen and oxygen atoms in total. The quantitative estimate of drug-likeness (QED) is 0.187. The van der Waals surface area contributed by atoms with Crippen LogP contribution < -0.4 is 0 Å². The van der Waals surface area contributed by atoms with Crippen molar-refractivity contribution >= 4 is 33.4 Å². The van der Waals surface area contributed by atoms with E-state index in [1.165, 1.54) is 6.08 Å². The molecule has 0 radical (unpaired) electrons. The molecule has 0 aromatic rings. The Balaban J connectivity index is 4.40. The van der Waals surface area contributed by atoms with Gasteiger partial charge in [-0.1, -0.05) is 33.7 Å². The number of hydrogen-bond acceptors (Lipinski definition) is 4. The molecule has 0 aliphatic rings. The second-order valence-corrected chi connectivity index (χ2v) is 2.45. The SMILES string of the molecule is C=CCON=C(C(=O)O)C(=O)CBr. The average Bonchev–Trinajstić information content (AvgIpc) is 2.11. The van der Waals surface area contributed by atoms with Gasteiger partial charge in [-0.15, -0.1) is 0 Å². The second-order valence-electron chi connectivity index (χ2n) is 1.89. The highest BCUT2D eigenvalue weighted by molar-refractivity contribution is 9.09. The fourth-order valence-corrected chi connectivity index (χ4v) is 0.693. The molecule has 72 valence electrons. The van der Waals surface area contributed by atoms with E-state index in [1.54, 1.807) is 0 Å². The minimum atomic E-state index is -1.41. The molecule has 0 saturated heterocycles. The zero-order chi connectivity index (χ0) is 10.3. The summed E-state index contributed by atoms with van der Waals surface area (Å²) >= 11 is 2.82. The average molecular weight is 250 g/mol. The summed E-state index contributed by atoms with van der Waals surface area (Å²) in [4.78, 5) is 25.8. The molecule has 13 heavy (non-hydrogen) atoms. The Labute approximate surface area is 83.2 Å². The van der Waals surface area contributed by atoms with Crippen LogP contribution in [0.2, 0.25) is 0 Å². The molecule has 0 heterocycles. The van der Waals surface area contributed by atoms with E-state index in [9.17, 15) is 9.59 Å². The van der Waals surface area contributed by atoms with Crippen LogP contribution in [0.15, 0.2) is 17.8 Å². The van der Waals surface area contributed by atoms with Crippen molar-refractivity contribution in [1.82, 2.24) is 0 Å². The molecule has 0 aliphatic carbocycles. The molecule has 0 spiro atoms. The summed E-state index contributed by atoms with van der Waals surface area (Å²) in [7, 11) is 0. The summed E-state index contributed by atoms with van der Waals surface area (Å²) < 4.78 is 0. The molecule has 0 amide bonds. The van der Waals surface area contributed by atoms with Crippen LogP contribution in [0, 0.1) is 0 Å². The number of ketones is 1. The number of Topliss-reactive ketones (excluding diaryl/α,β-unsaturated/α-hetero) is 1. The first-order valence-electron chi connectivity index (χ1n) is 3.26. The van der Waals surface area contributed by atoms with Crippen molar-refractivity contribution in [2.75, 3.05) is 11.9 Å². The van der Waals surface area contributed by atoms with E-state index in [4.69, 9.17) is 5.11 Å². The van der Waals surface area contributed by atoms with Crippen LogP contribution in [-0.4, -0.2) is 34.5 Å². The van der Waals surface area contributed by atoms with Crippen LogP contribution in [0.1, 0.15) is 0 Å². The van der Waals surface area contributed by atoms with Crippen LogP contribution in [-0.2, 0) is 14.4 Å². The maximum absolute atomic E-state index is 10.9. The number of nitrogens with zero attached hydrogens (tertiary/aromatic N) is 1. The first-order chi connectivity index (χ1) is 6.13. The molecule has 0 unspecified atom stereocenters. The van der Waals surface area contributed by atoms with E-state index in [-0.39, 0.29) is 11.9 Å². The monoisotopic (exact) mass is 249 g/mol. The lowest BCUT2D eigenvalue weighted by Gasteiger charge is -1.97. The number of rotatable bonds is 6. The molecule has 6 heteroatoms. The van der Waals surface area contributed by atoms with E-state index in [2.05, 4.69) is 32.5 Å². The first kappa shape index (κ1) is 11.8. The Morgan fingerprint density at radius 1 is 1.62 bits per heavy atom. The highest BCUT2D eigenvalue weighted by Crippen LogP contribution is 1.90. The normalized spacial score (nSPS) is 10.7. The number of halogens is 1. The fraction of sp³-hybridized carbons (Fsp3) is 0.286. The van der Waals surface area contributed by atoms with Gasteiger partial charge >= 0.3 is 5.97 Å². The lowest BCUT2D eigenvalue weighted by molar-refractivity contribution is -0.130. The highest BCUT2D eigenvalue weighted by atomic mass is 79.9. The van der Waals surface area contributed by atoms with Gasteiger partial charge < -0.3 is 9.94 Å². The van der Waals surface area contributed by atoms with Gasteiger partial charge in [0.15, 0.2) is 0 Å². The summed E-state index contributed by atoms with van der Waals surface area (Å²) in [5, 5.41) is 11.5. The molecule has 0 rings (SSSR count). The van der Waals surface area contributed by atoms with Crippen molar-refractivity contribution in [1.29, 1.82) is 0 Å². The van der Waals surface area contributed by atoms with Crippen molar-refractivity contribution in [3.63, 3.8) is 0 Å². The van der Waals surface area contributed by atoms with Crippen LogP contribution in [0.5, 0.6) is 0 Å². The Kier molecular flexibility index (Phi) is 5.79. The predicted molar refractivity (Wildman–Crippen MR) is 50.0 cm³/mol. The maximum Gasteiger partial charge on any atom is 0.361 e. The number of carbonyl (C=O) groups excluding carboxylic acids is 1. The molecule has 0 saturated carbocycles. The molecule has 0 atom stereocenters. The number of aliphatic carboxylic acids is 1. The van der Waals surface area contributed by atoms with Crippen molar-refractivity contribution in [3.05, 3.63) is 12.7 Å². The van der Waals surface area contributed by atoms with Gasteiger partial charge in [0, 0.05) is 0 Å². The van der Waals surface area contributed by atoms with Gasteiger partial charge in [0.2, 0.25) is 11.5 Å². The molecular weight excluding hydrogens is 242 g/mol. The third kappa shape index (κ3) is 4.41. The predicted octanol–water partition coefficient (Wildman–Crippen LogP) is 0.594. The van der Waals surface area contributed by atoms with Crippen LogP contribution >= 0.6 is 15.9 Å². The summed E-state index contributed by atoms with van der Waals surface area (Å²) in [6, 6.07) is 0. The molecule has 0 aromatic heterocycles. The minimum absolute atomic E-state index is 0.0619. The van der Waals surface area contributed by atoms with E-state index in [0.29, 0.717) is 0 Å². The topological polar surface area (TPSA) is 76.0 Å². The smallest absolute Gasteiger partial charge is 0.361 e. The van der Waals surface area contributed by atoms with Gasteiger partial charge in [-0.2, -0.15) is 0 Å². The fourth-order valence-electron chi connectivity index (χ4n) is 0.427. The summed E-state index contributed by atoms with van der Waals surface area (Å²) in [6.45, 7) is 3.39. The van der Waals surface area contributed by atoms with Crippen molar-refractivity contribution in [2.24, 2.45) is 5.16 Å².